The van der Waals surface area contributed by atoms with Gasteiger partial charge in [-0.25, -0.2) is 0 Å². The van der Waals surface area contributed by atoms with Crippen molar-refractivity contribution in [2.75, 3.05) is 7.05 Å². The Kier molecular flexibility index (Phi) is 4.10. The third kappa shape index (κ3) is 2.96. The Balaban J connectivity index is 2.04. The van der Waals surface area contributed by atoms with Crippen molar-refractivity contribution >= 4 is 0 Å². The number of aryl methyl sites for hydroxylation is 3. The maximum Gasteiger partial charge on any atom is 0.0492 e. The van der Waals surface area contributed by atoms with Crippen LogP contribution in [0.2, 0.25) is 0 Å². The average molecular weight is 244 g/mol. The molecule has 0 aliphatic heterocycles. The van der Waals surface area contributed by atoms with Gasteiger partial charge < -0.3 is 5.32 Å². The lowest BCUT2D eigenvalue weighted by atomic mass is 10.0. The average Bonchev–Trinajstić information content (AvgIpc) is 2.76. The smallest absolute Gasteiger partial charge is 0.0492 e. The van der Waals surface area contributed by atoms with Gasteiger partial charge >= 0.3 is 0 Å². The Morgan fingerprint density at radius 1 is 1.39 bits per heavy atom. The van der Waals surface area contributed by atoms with Crippen LogP contribution in [0.4, 0.5) is 0 Å². The first kappa shape index (κ1) is 12.8. The van der Waals surface area contributed by atoms with E-state index in [-0.39, 0.29) is 0 Å². The third-order valence-electron chi connectivity index (χ3n) is 3.26. The van der Waals surface area contributed by atoms with E-state index in [0.29, 0.717) is 6.04 Å². The summed E-state index contributed by atoms with van der Waals surface area (Å²) in [6, 6.07) is 4.60. The zero-order chi connectivity index (χ0) is 13.0. The first-order valence-corrected chi connectivity index (χ1v) is 6.26. The molecule has 0 aliphatic carbocycles. The van der Waals surface area contributed by atoms with Crippen LogP contribution in [-0.4, -0.2) is 21.8 Å². The minimum Gasteiger partial charge on any atom is -0.313 e. The van der Waals surface area contributed by atoms with Gasteiger partial charge in [0.05, 0.1) is 0 Å². The summed E-state index contributed by atoms with van der Waals surface area (Å²) in [5, 5.41) is 7.55. The van der Waals surface area contributed by atoms with Crippen molar-refractivity contribution in [2.24, 2.45) is 7.05 Å². The Hall–Kier alpha value is -1.68. The summed E-state index contributed by atoms with van der Waals surface area (Å²) in [6.45, 7) is 2.07. The lowest BCUT2D eigenvalue weighted by Crippen LogP contribution is -2.18. The van der Waals surface area contributed by atoms with Crippen molar-refractivity contribution in [3.63, 3.8) is 0 Å². The Labute approximate surface area is 108 Å². The number of pyridine rings is 1. The summed E-state index contributed by atoms with van der Waals surface area (Å²) in [4.78, 5) is 4.26. The molecule has 0 saturated heterocycles. The van der Waals surface area contributed by atoms with Crippen LogP contribution >= 0.6 is 0 Å². The molecule has 4 nitrogen and oxygen atoms in total. The third-order valence-corrected chi connectivity index (χ3v) is 3.26. The molecule has 1 N–H and O–H groups in total. The number of hydrogen-bond donors (Lipinski definition) is 1. The molecule has 2 aromatic rings. The van der Waals surface area contributed by atoms with Crippen LogP contribution in [-0.2, 0) is 13.5 Å². The van der Waals surface area contributed by atoms with E-state index in [1.165, 1.54) is 16.8 Å². The molecular formula is C14H20N4. The molecule has 1 unspecified atom stereocenters. The molecular weight excluding hydrogens is 224 g/mol. The molecule has 2 aromatic heterocycles. The fourth-order valence-electron chi connectivity index (χ4n) is 2.19. The summed E-state index contributed by atoms with van der Waals surface area (Å²) in [6.07, 6.45) is 7.73. The van der Waals surface area contributed by atoms with Crippen molar-refractivity contribution in [3.05, 3.63) is 47.5 Å². The second kappa shape index (κ2) is 5.78. The maximum absolute atomic E-state index is 4.26. The van der Waals surface area contributed by atoms with Crippen LogP contribution < -0.4 is 5.32 Å². The summed E-state index contributed by atoms with van der Waals surface area (Å²) in [5.74, 6) is 0. The summed E-state index contributed by atoms with van der Waals surface area (Å²) in [5.41, 5.74) is 3.71. The molecule has 2 heterocycles. The van der Waals surface area contributed by atoms with Crippen LogP contribution in [0, 0.1) is 6.92 Å². The molecule has 0 saturated carbocycles. The lowest BCUT2D eigenvalue weighted by Gasteiger charge is -2.16. The fraction of sp³-hybridized carbons (Fsp3) is 0.429. The van der Waals surface area contributed by atoms with Crippen molar-refractivity contribution in [1.29, 1.82) is 0 Å². The van der Waals surface area contributed by atoms with E-state index in [2.05, 4.69) is 34.5 Å². The number of nitrogens with zero attached hydrogens (tertiary/aromatic N) is 3. The predicted molar refractivity (Wildman–Crippen MR) is 72.3 cm³/mol. The molecule has 0 spiro atoms. The minimum absolute atomic E-state index is 0.340. The highest BCUT2D eigenvalue weighted by molar-refractivity contribution is 5.20. The Morgan fingerprint density at radius 3 is 2.83 bits per heavy atom. The zero-order valence-corrected chi connectivity index (χ0v) is 11.2. The highest BCUT2D eigenvalue weighted by atomic mass is 15.2. The minimum atomic E-state index is 0.340. The fourth-order valence-corrected chi connectivity index (χ4v) is 2.19. The van der Waals surface area contributed by atoms with Crippen LogP contribution in [0.25, 0.3) is 0 Å². The van der Waals surface area contributed by atoms with E-state index in [9.17, 15) is 0 Å². The standard InChI is InChI=1S/C14H20N4/c1-11-8-12(10-16-9-11)14(15-2)5-4-13-6-7-17-18(13)3/h6-10,14-15H,4-5H2,1-3H3. The molecule has 0 aromatic carbocycles. The van der Waals surface area contributed by atoms with Gasteiger partial charge in [0.2, 0.25) is 0 Å². The van der Waals surface area contributed by atoms with E-state index in [1.807, 2.05) is 37.4 Å². The van der Waals surface area contributed by atoms with Gasteiger partial charge in [0, 0.05) is 37.4 Å². The van der Waals surface area contributed by atoms with E-state index in [1.54, 1.807) is 0 Å². The molecule has 18 heavy (non-hydrogen) atoms. The van der Waals surface area contributed by atoms with Gasteiger partial charge in [-0.3, -0.25) is 9.67 Å². The van der Waals surface area contributed by atoms with Gasteiger partial charge in [0.15, 0.2) is 0 Å². The van der Waals surface area contributed by atoms with Gasteiger partial charge in [0.25, 0.3) is 0 Å². The number of aromatic nitrogens is 3. The Bertz CT molecular complexity index is 504. The highest BCUT2D eigenvalue weighted by Gasteiger charge is 2.10. The number of rotatable bonds is 5. The van der Waals surface area contributed by atoms with Crippen molar-refractivity contribution < 1.29 is 0 Å². The highest BCUT2D eigenvalue weighted by Crippen LogP contribution is 2.18. The number of nitrogens with one attached hydrogen (secondary N) is 1. The van der Waals surface area contributed by atoms with Crippen LogP contribution in [0.1, 0.15) is 29.3 Å². The van der Waals surface area contributed by atoms with Gasteiger partial charge in [-0.1, -0.05) is 6.07 Å². The molecule has 0 amide bonds. The van der Waals surface area contributed by atoms with E-state index in [4.69, 9.17) is 0 Å². The van der Waals surface area contributed by atoms with Crippen LogP contribution in [0.3, 0.4) is 0 Å². The quantitative estimate of drug-likeness (QED) is 0.875. The topological polar surface area (TPSA) is 42.7 Å². The van der Waals surface area contributed by atoms with Crippen molar-refractivity contribution in [1.82, 2.24) is 20.1 Å². The summed E-state index contributed by atoms with van der Waals surface area (Å²) < 4.78 is 1.93. The molecule has 0 radical (unpaired) electrons. The van der Waals surface area contributed by atoms with Gasteiger partial charge in [-0.05, 0) is 44.0 Å². The van der Waals surface area contributed by atoms with Gasteiger partial charge in [0.1, 0.15) is 0 Å². The van der Waals surface area contributed by atoms with Crippen molar-refractivity contribution in [2.45, 2.75) is 25.8 Å². The predicted octanol–water partition coefficient (Wildman–Crippen LogP) is 2.02. The van der Waals surface area contributed by atoms with Gasteiger partial charge in [-0.15, -0.1) is 0 Å². The van der Waals surface area contributed by atoms with Crippen LogP contribution in [0.5, 0.6) is 0 Å². The van der Waals surface area contributed by atoms with Crippen LogP contribution in [0.15, 0.2) is 30.7 Å². The monoisotopic (exact) mass is 244 g/mol. The first-order chi connectivity index (χ1) is 8.70. The zero-order valence-electron chi connectivity index (χ0n) is 11.2. The summed E-state index contributed by atoms with van der Waals surface area (Å²) in [7, 11) is 3.98. The number of hydrogen-bond acceptors (Lipinski definition) is 3. The first-order valence-electron chi connectivity index (χ1n) is 6.26. The lowest BCUT2D eigenvalue weighted by molar-refractivity contribution is 0.534. The van der Waals surface area contributed by atoms with Crippen molar-refractivity contribution in [3.8, 4) is 0 Å². The molecule has 96 valence electrons. The molecule has 0 aliphatic rings. The second-order valence-corrected chi connectivity index (χ2v) is 4.62. The SMILES string of the molecule is CNC(CCc1ccnn1C)c1cncc(C)c1. The maximum atomic E-state index is 4.26. The molecule has 4 heteroatoms. The second-order valence-electron chi connectivity index (χ2n) is 4.62. The molecule has 0 bridgehead atoms. The molecule has 0 fully saturated rings. The summed E-state index contributed by atoms with van der Waals surface area (Å²) >= 11 is 0. The van der Waals surface area contributed by atoms with E-state index in [0.717, 1.165) is 12.8 Å². The van der Waals surface area contributed by atoms with Gasteiger partial charge in [-0.2, -0.15) is 5.10 Å². The Morgan fingerprint density at radius 2 is 2.22 bits per heavy atom. The van der Waals surface area contributed by atoms with E-state index >= 15 is 0 Å². The largest absolute Gasteiger partial charge is 0.313 e. The normalized spacial score (nSPS) is 12.6. The van der Waals surface area contributed by atoms with E-state index < -0.39 is 0 Å². The molecule has 1 atom stereocenters. The molecule has 2 rings (SSSR count).